The summed E-state index contributed by atoms with van der Waals surface area (Å²) in [5, 5.41) is 0. The minimum Gasteiger partial charge on any atom is -0.375 e. The van der Waals surface area contributed by atoms with E-state index in [4.69, 9.17) is 4.74 Å². The molecule has 0 spiro atoms. The molecule has 3 saturated heterocycles. The van der Waals surface area contributed by atoms with E-state index in [2.05, 4.69) is 56.2 Å². The number of halogens is 1. The van der Waals surface area contributed by atoms with E-state index in [1.54, 1.807) is 0 Å². The Morgan fingerprint density at radius 3 is 1.88 bits per heavy atom. The summed E-state index contributed by atoms with van der Waals surface area (Å²) in [7, 11) is 0. The summed E-state index contributed by atoms with van der Waals surface area (Å²) in [4.78, 5) is 7.68. The maximum atomic E-state index is 15.7. The number of nitrogens with zero attached hydrogens (tertiary/aromatic N) is 3. The Bertz CT molecular complexity index is 546. The summed E-state index contributed by atoms with van der Waals surface area (Å²) in [5.74, 6) is 1.36. The van der Waals surface area contributed by atoms with Crippen molar-refractivity contribution >= 4 is 0 Å². The molecule has 188 valence electrons. The van der Waals surface area contributed by atoms with Gasteiger partial charge in [-0.3, -0.25) is 4.90 Å². The molecule has 32 heavy (non-hydrogen) atoms. The van der Waals surface area contributed by atoms with Crippen LogP contribution in [0, 0.1) is 11.8 Å². The van der Waals surface area contributed by atoms with E-state index in [9.17, 15) is 0 Å². The first-order chi connectivity index (χ1) is 14.9. The maximum absolute atomic E-state index is 15.7. The largest absolute Gasteiger partial charge is 0.375 e. The number of hydrogen-bond acceptors (Lipinski definition) is 4. The zero-order valence-corrected chi connectivity index (χ0v) is 22.1. The molecule has 0 aromatic rings. The standard InChI is InChI=1S/C27H52FN3O/c1-25(2,3)31-15-9-24(10-16-31)22-30-17-11-27(28,12-18-30)21-23-7-13-29(14-8-23)19-20-32-26(4,5)6/h23-24H,7-22H2,1-6H3. The van der Waals surface area contributed by atoms with Crippen LogP contribution in [0.3, 0.4) is 0 Å². The van der Waals surface area contributed by atoms with Crippen LogP contribution in [-0.4, -0.2) is 90.5 Å². The van der Waals surface area contributed by atoms with Crippen LogP contribution >= 0.6 is 0 Å². The summed E-state index contributed by atoms with van der Waals surface area (Å²) in [5.41, 5.74) is -0.688. The molecule has 4 nitrogen and oxygen atoms in total. The maximum Gasteiger partial charge on any atom is 0.113 e. The van der Waals surface area contributed by atoms with Gasteiger partial charge in [0.25, 0.3) is 0 Å². The molecule has 5 heteroatoms. The molecule has 0 aliphatic carbocycles. The van der Waals surface area contributed by atoms with E-state index in [0.29, 0.717) is 11.5 Å². The summed E-state index contributed by atoms with van der Waals surface area (Å²) >= 11 is 0. The Morgan fingerprint density at radius 2 is 1.34 bits per heavy atom. The van der Waals surface area contributed by atoms with Crippen LogP contribution in [-0.2, 0) is 4.74 Å². The third-order valence-corrected chi connectivity index (χ3v) is 8.14. The van der Waals surface area contributed by atoms with Crippen molar-refractivity contribution in [3.05, 3.63) is 0 Å². The molecule has 0 radical (unpaired) electrons. The lowest BCUT2D eigenvalue weighted by Gasteiger charge is -2.44. The molecule has 0 N–H and O–H groups in total. The predicted octanol–water partition coefficient (Wildman–Crippen LogP) is 5.22. The van der Waals surface area contributed by atoms with Crippen molar-refractivity contribution in [2.24, 2.45) is 11.8 Å². The van der Waals surface area contributed by atoms with E-state index in [1.165, 1.54) is 32.5 Å². The summed E-state index contributed by atoms with van der Waals surface area (Å²) < 4.78 is 21.5. The molecule has 0 amide bonds. The van der Waals surface area contributed by atoms with Crippen LogP contribution in [0.25, 0.3) is 0 Å². The quantitative estimate of drug-likeness (QED) is 0.526. The number of alkyl halides is 1. The highest BCUT2D eigenvalue weighted by Crippen LogP contribution is 2.37. The lowest BCUT2D eigenvalue weighted by Crippen LogP contribution is -2.49. The highest BCUT2D eigenvalue weighted by Gasteiger charge is 2.38. The van der Waals surface area contributed by atoms with Crippen molar-refractivity contribution < 1.29 is 9.13 Å². The second kappa shape index (κ2) is 11.0. The van der Waals surface area contributed by atoms with Gasteiger partial charge in [0.15, 0.2) is 0 Å². The van der Waals surface area contributed by atoms with Crippen molar-refractivity contribution in [2.75, 3.05) is 59.0 Å². The molecule has 0 aromatic carbocycles. The van der Waals surface area contributed by atoms with Crippen LogP contribution in [0.15, 0.2) is 0 Å². The van der Waals surface area contributed by atoms with Gasteiger partial charge in [-0.25, -0.2) is 4.39 Å². The average molecular weight is 454 g/mol. The Balaban J connectivity index is 1.31. The second-order valence-corrected chi connectivity index (χ2v) is 13.0. The minimum atomic E-state index is -0.922. The molecule has 0 bridgehead atoms. The summed E-state index contributed by atoms with van der Waals surface area (Å²) in [6, 6.07) is 0. The van der Waals surface area contributed by atoms with Crippen molar-refractivity contribution in [3.8, 4) is 0 Å². The highest BCUT2D eigenvalue weighted by molar-refractivity contribution is 4.91. The summed E-state index contributed by atoms with van der Waals surface area (Å²) in [6.07, 6.45) is 7.18. The Kier molecular flexibility index (Phi) is 9.07. The molecule has 0 saturated carbocycles. The van der Waals surface area contributed by atoms with E-state index < -0.39 is 5.67 Å². The van der Waals surface area contributed by atoms with Gasteiger partial charge in [0, 0.05) is 31.7 Å². The monoisotopic (exact) mass is 453 g/mol. The molecule has 0 aromatic heterocycles. The number of likely N-dealkylation sites (tertiary alicyclic amines) is 3. The van der Waals surface area contributed by atoms with Crippen LogP contribution < -0.4 is 0 Å². The van der Waals surface area contributed by atoms with Crippen LogP contribution in [0.2, 0.25) is 0 Å². The van der Waals surface area contributed by atoms with Gasteiger partial charge < -0.3 is 14.5 Å². The first-order valence-electron chi connectivity index (χ1n) is 13.4. The smallest absolute Gasteiger partial charge is 0.113 e. The minimum absolute atomic E-state index is 0.0580. The van der Waals surface area contributed by atoms with Crippen LogP contribution in [0.4, 0.5) is 4.39 Å². The van der Waals surface area contributed by atoms with Crippen molar-refractivity contribution in [1.82, 2.24) is 14.7 Å². The van der Waals surface area contributed by atoms with Gasteiger partial charge in [0.1, 0.15) is 5.67 Å². The van der Waals surface area contributed by atoms with E-state index in [0.717, 1.165) is 77.4 Å². The highest BCUT2D eigenvalue weighted by atomic mass is 19.1. The van der Waals surface area contributed by atoms with Gasteiger partial charge in [0.2, 0.25) is 0 Å². The average Bonchev–Trinajstić information content (AvgIpc) is 2.70. The molecule has 3 heterocycles. The van der Waals surface area contributed by atoms with Crippen LogP contribution in [0.5, 0.6) is 0 Å². The lowest BCUT2D eigenvalue weighted by molar-refractivity contribution is -0.0196. The molecule has 3 rings (SSSR count). The van der Waals surface area contributed by atoms with E-state index in [-0.39, 0.29) is 5.60 Å². The SMILES string of the molecule is CC(C)(C)OCCN1CCC(CC2(F)CCN(CC3CCN(C(C)(C)C)CC3)CC2)CC1. The fraction of sp³-hybridized carbons (Fsp3) is 1.00. The number of piperidine rings is 3. The number of rotatable bonds is 7. The fourth-order valence-corrected chi connectivity index (χ4v) is 5.90. The van der Waals surface area contributed by atoms with E-state index >= 15 is 4.39 Å². The van der Waals surface area contributed by atoms with Gasteiger partial charge >= 0.3 is 0 Å². The van der Waals surface area contributed by atoms with Gasteiger partial charge in [-0.1, -0.05) is 0 Å². The molecule has 3 aliphatic heterocycles. The Labute approximate surface area is 198 Å². The topological polar surface area (TPSA) is 19.0 Å². The first kappa shape index (κ1) is 26.4. The third kappa shape index (κ3) is 8.52. The molecule has 0 atom stereocenters. The van der Waals surface area contributed by atoms with Gasteiger partial charge in [-0.15, -0.1) is 0 Å². The van der Waals surface area contributed by atoms with Crippen molar-refractivity contribution in [3.63, 3.8) is 0 Å². The van der Waals surface area contributed by atoms with Gasteiger partial charge in [0.05, 0.1) is 12.2 Å². The van der Waals surface area contributed by atoms with Gasteiger partial charge in [-0.05, 0) is 125 Å². The molecule has 0 unspecified atom stereocenters. The zero-order chi connectivity index (χ0) is 23.4. The molecule has 3 aliphatic rings. The lowest BCUT2D eigenvalue weighted by atomic mass is 9.80. The fourth-order valence-electron chi connectivity index (χ4n) is 5.90. The zero-order valence-electron chi connectivity index (χ0n) is 22.1. The van der Waals surface area contributed by atoms with Gasteiger partial charge in [-0.2, -0.15) is 0 Å². The third-order valence-electron chi connectivity index (χ3n) is 8.14. The first-order valence-corrected chi connectivity index (χ1v) is 13.4. The Hall–Kier alpha value is -0.230. The normalized spacial score (nSPS) is 26.0. The molecular weight excluding hydrogens is 401 g/mol. The van der Waals surface area contributed by atoms with Crippen LogP contribution in [0.1, 0.15) is 86.5 Å². The molecule has 3 fully saturated rings. The summed E-state index contributed by atoms with van der Waals surface area (Å²) in [6.45, 7) is 22.9. The van der Waals surface area contributed by atoms with Crippen molar-refractivity contribution in [2.45, 2.75) is 103 Å². The number of ether oxygens (including phenoxy) is 1. The predicted molar refractivity (Wildman–Crippen MR) is 133 cm³/mol. The number of hydrogen-bond donors (Lipinski definition) is 0. The Morgan fingerprint density at radius 1 is 0.781 bits per heavy atom. The second-order valence-electron chi connectivity index (χ2n) is 13.0. The van der Waals surface area contributed by atoms with E-state index in [1.807, 2.05) is 0 Å². The van der Waals surface area contributed by atoms with Crippen molar-refractivity contribution in [1.29, 1.82) is 0 Å². The molecular formula is C27H52FN3O.